The maximum absolute atomic E-state index is 13.2. The second-order valence-electron chi connectivity index (χ2n) is 6.01. The number of hydrogen-bond donors (Lipinski definition) is 0. The lowest BCUT2D eigenvalue weighted by Crippen LogP contribution is -2.32. The Morgan fingerprint density at radius 1 is 1.16 bits per heavy atom. The summed E-state index contributed by atoms with van der Waals surface area (Å²) in [4.78, 5) is 31.4. The standard InChI is InChI=1S/C19H17N3O3/c1-12-20-17(16-9-5-6-10-21(12)16)18(23)22-11-14(19(24)25-2)13-7-3-4-8-15(13)22/h3-10,14H,11H2,1-2H3/t14-/m0/s1. The summed E-state index contributed by atoms with van der Waals surface area (Å²) < 4.78 is 6.78. The molecular weight excluding hydrogens is 318 g/mol. The third kappa shape index (κ3) is 2.29. The van der Waals surface area contributed by atoms with Crippen molar-refractivity contribution in [2.75, 3.05) is 18.6 Å². The van der Waals surface area contributed by atoms with Crippen LogP contribution in [0, 0.1) is 6.92 Å². The van der Waals surface area contributed by atoms with Gasteiger partial charge >= 0.3 is 5.97 Å². The van der Waals surface area contributed by atoms with Gasteiger partial charge in [-0.1, -0.05) is 24.3 Å². The molecule has 0 aliphatic carbocycles. The Balaban J connectivity index is 1.79. The van der Waals surface area contributed by atoms with Crippen molar-refractivity contribution in [3.05, 3.63) is 65.7 Å². The molecule has 0 radical (unpaired) electrons. The van der Waals surface area contributed by atoms with Crippen molar-refractivity contribution in [1.29, 1.82) is 0 Å². The van der Waals surface area contributed by atoms with Crippen LogP contribution in [-0.4, -0.2) is 34.9 Å². The summed E-state index contributed by atoms with van der Waals surface area (Å²) in [7, 11) is 1.36. The molecule has 0 saturated carbocycles. The number of amides is 1. The van der Waals surface area contributed by atoms with Crippen molar-refractivity contribution in [2.24, 2.45) is 0 Å². The number of carbonyl (C=O) groups is 2. The Morgan fingerprint density at radius 2 is 1.92 bits per heavy atom. The second kappa shape index (κ2) is 5.73. The minimum absolute atomic E-state index is 0.212. The van der Waals surface area contributed by atoms with Crippen LogP contribution in [0.15, 0.2) is 48.7 Å². The Bertz CT molecular complexity index is 992. The van der Waals surface area contributed by atoms with Crippen molar-refractivity contribution < 1.29 is 14.3 Å². The number of carbonyl (C=O) groups excluding carboxylic acids is 2. The quantitative estimate of drug-likeness (QED) is 0.675. The van der Waals surface area contributed by atoms with E-state index in [0.717, 1.165) is 22.6 Å². The zero-order chi connectivity index (χ0) is 17.6. The molecule has 1 amide bonds. The predicted molar refractivity (Wildman–Crippen MR) is 92.8 cm³/mol. The van der Waals surface area contributed by atoms with Crippen LogP contribution in [0.3, 0.4) is 0 Å². The number of aryl methyl sites for hydroxylation is 1. The van der Waals surface area contributed by atoms with Gasteiger partial charge in [0.1, 0.15) is 11.7 Å². The van der Waals surface area contributed by atoms with Gasteiger partial charge in [-0.3, -0.25) is 9.59 Å². The van der Waals surface area contributed by atoms with E-state index in [-0.39, 0.29) is 18.4 Å². The fraction of sp³-hybridized carbons (Fsp3) is 0.211. The Labute approximate surface area is 144 Å². The lowest BCUT2D eigenvalue weighted by atomic mass is 10.0. The molecule has 0 spiro atoms. The van der Waals surface area contributed by atoms with Gasteiger partial charge in [-0.05, 0) is 30.7 Å². The molecule has 126 valence electrons. The van der Waals surface area contributed by atoms with Crippen LogP contribution >= 0.6 is 0 Å². The summed E-state index contributed by atoms with van der Waals surface area (Å²) in [5.41, 5.74) is 2.68. The summed E-state index contributed by atoms with van der Waals surface area (Å²) in [5.74, 6) is -0.277. The van der Waals surface area contributed by atoms with Crippen molar-refractivity contribution >= 4 is 23.1 Å². The van der Waals surface area contributed by atoms with Crippen molar-refractivity contribution in [2.45, 2.75) is 12.8 Å². The summed E-state index contributed by atoms with van der Waals surface area (Å²) in [6, 6.07) is 13.1. The van der Waals surface area contributed by atoms with Gasteiger partial charge in [0.25, 0.3) is 5.91 Å². The van der Waals surface area contributed by atoms with E-state index in [1.54, 1.807) is 4.90 Å². The van der Waals surface area contributed by atoms with Crippen LogP contribution in [0.5, 0.6) is 0 Å². The normalized spacial score (nSPS) is 16.1. The first kappa shape index (κ1) is 15.4. The Hall–Kier alpha value is -3.15. The number of hydrogen-bond acceptors (Lipinski definition) is 4. The summed E-state index contributed by atoms with van der Waals surface area (Å²) in [6.45, 7) is 2.12. The van der Waals surface area contributed by atoms with Gasteiger partial charge in [-0.15, -0.1) is 0 Å². The lowest BCUT2D eigenvalue weighted by Gasteiger charge is -2.16. The summed E-state index contributed by atoms with van der Waals surface area (Å²) >= 11 is 0. The molecule has 1 aromatic carbocycles. The van der Waals surface area contributed by atoms with E-state index in [1.165, 1.54) is 7.11 Å². The molecule has 1 aliphatic heterocycles. The lowest BCUT2D eigenvalue weighted by molar-refractivity contribution is -0.141. The van der Waals surface area contributed by atoms with Crippen LogP contribution < -0.4 is 4.90 Å². The first-order chi connectivity index (χ1) is 12.1. The van der Waals surface area contributed by atoms with E-state index >= 15 is 0 Å². The second-order valence-corrected chi connectivity index (χ2v) is 6.01. The molecule has 0 saturated heterocycles. The molecule has 2 aromatic heterocycles. The number of methoxy groups -OCH3 is 1. The first-order valence-corrected chi connectivity index (χ1v) is 8.04. The number of imidazole rings is 1. The third-order valence-corrected chi connectivity index (χ3v) is 4.63. The minimum atomic E-state index is -0.472. The van der Waals surface area contributed by atoms with Crippen LogP contribution in [0.4, 0.5) is 5.69 Å². The highest BCUT2D eigenvalue weighted by atomic mass is 16.5. The highest BCUT2D eigenvalue weighted by Gasteiger charge is 2.38. The van der Waals surface area contributed by atoms with Gasteiger partial charge in [0.05, 0.1) is 12.6 Å². The highest BCUT2D eigenvalue weighted by Crippen LogP contribution is 2.37. The predicted octanol–water partition coefficient (Wildman–Crippen LogP) is 2.56. The van der Waals surface area contributed by atoms with Crippen LogP contribution in [0.1, 0.15) is 27.8 Å². The third-order valence-electron chi connectivity index (χ3n) is 4.63. The summed E-state index contributed by atoms with van der Waals surface area (Å²) in [6.07, 6.45) is 1.88. The molecule has 3 heterocycles. The van der Waals surface area contributed by atoms with E-state index in [2.05, 4.69) is 4.98 Å². The molecule has 0 N–H and O–H groups in total. The van der Waals surface area contributed by atoms with Gasteiger partial charge in [0.2, 0.25) is 0 Å². The zero-order valence-electron chi connectivity index (χ0n) is 14.0. The van der Waals surface area contributed by atoms with Crippen LogP contribution in [0.2, 0.25) is 0 Å². The molecule has 1 aliphatic rings. The first-order valence-electron chi connectivity index (χ1n) is 8.04. The molecule has 6 heteroatoms. The van der Waals surface area contributed by atoms with E-state index < -0.39 is 5.92 Å². The van der Waals surface area contributed by atoms with Crippen molar-refractivity contribution in [3.63, 3.8) is 0 Å². The highest BCUT2D eigenvalue weighted by molar-refractivity contribution is 6.11. The molecule has 1 atom stereocenters. The smallest absolute Gasteiger partial charge is 0.315 e. The summed E-state index contributed by atoms with van der Waals surface area (Å²) in [5, 5.41) is 0. The maximum atomic E-state index is 13.2. The monoisotopic (exact) mass is 335 g/mol. The number of para-hydroxylation sites is 1. The number of esters is 1. The van der Waals surface area contributed by atoms with Gasteiger partial charge in [0, 0.05) is 18.4 Å². The number of ether oxygens (including phenoxy) is 1. The number of rotatable bonds is 2. The molecule has 25 heavy (non-hydrogen) atoms. The molecule has 0 unspecified atom stereocenters. The molecule has 6 nitrogen and oxygen atoms in total. The number of aromatic nitrogens is 2. The average molecular weight is 335 g/mol. The van der Waals surface area contributed by atoms with E-state index in [0.29, 0.717) is 5.69 Å². The molecule has 0 bridgehead atoms. The van der Waals surface area contributed by atoms with E-state index in [9.17, 15) is 9.59 Å². The minimum Gasteiger partial charge on any atom is -0.468 e. The number of pyridine rings is 1. The largest absolute Gasteiger partial charge is 0.468 e. The average Bonchev–Trinajstić information content (AvgIpc) is 3.20. The molecule has 4 rings (SSSR count). The Morgan fingerprint density at radius 3 is 2.72 bits per heavy atom. The fourth-order valence-electron chi connectivity index (χ4n) is 3.42. The zero-order valence-corrected chi connectivity index (χ0v) is 14.0. The topological polar surface area (TPSA) is 63.9 Å². The fourth-order valence-corrected chi connectivity index (χ4v) is 3.42. The maximum Gasteiger partial charge on any atom is 0.315 e. The number of nitrogens with zero attached hydrogens (tertiary/aromatic N) is 3. The molecule has 0 fully saturated rings. The van der Waals surface area contributed by atoms with Crippen LogP contribution in [0.25, 0.3) is 5.52 Å². The van der Waals surface area contributed by atoms with Crippen molar-refractivity contribution in [1.82, 2.24) is 9.38 Å². The van der Waals surface area contributed by atoms with Crippen LogP contribution in [-0.2, 0) is 9.53 Å². The van der Waals surface area contributed by atoms with Gasteiger partial charge in [-0.2, -0.15) is 0 Å². The van der Waals surface area contributed by atoms with Gasteiger partial charge in [-0.25, -0.2) is 4.98 Å². The SMILES string of the molecule is COC(=O)[C@H]1CN(C(=O)c2nc(C)n3ccccc23)c2ccccc21. The van der Waals surface area contributed by atoms with E-state index in [4.69, 9.17) is 4.74 Å². The number of anilines is 1. The number of fused-ring (bicyclic) bond motifs is 2. The van der Waals surface area contributed by atoms with Gasteiger partial charge in [0.15, 0.2) is 5.69 Å². The van der Waals surface area contributed by atoms with E-state index in [1.807, 2.05) is 60.0 Å². The Kier molecular flexibility index (Phi) is 3.53. The number of benzene rings is 1. The molecule has 3 aromatic rings. The van der Waals surface area contributed by atoms with Gasteiger partial charge < -0.3 is 14.0 Å². The molecular formula is C19H17N3O3. The van der Waals surface area contributed by atoms with Crippen molar-refractivity contribution in [3.8, 4) is 0 Å².